The molecule has 0 aliphatic heterocycles. The summed E-state index contributed by atoms with van der Waals surface area (Å²) in [5, 5.41) is 2.98. The fourth-order valence-electron chi connectivity index (χ4n) is 2.14. The third kappa shape index (κ3) is 2.98. The Labute approximate surface area is 122 Å². The molecule has 21 heavy (non-hydrogen) atoms. The molecule has 0 unspecified atom stereocenters. The highest BCUT2D eigenvalue weighted by molar-refractivity contribution is 6.18. The smallest absolute Gasteiger partial charge is 0.202 e. The van der Waals surface area contributed by atoms with E-state index in [4.69, 9.17) is 0 Å². The van der Waals surface area contributed by atoms with Gasteiger partial charge in [0.2, 0.25) is 5.78 Å². The lowest BCUT2D eigenvalue weighted by Crippen LogP contribution is -2.14. The van der Waals surface area contributed by atoms with Crippen LogP contribution in [0.15, 0.2) is 78.5 Å². The Morgan fingerprint density at radius 3 is 2.10 bits per heavy atom. The molecule has 102 valence electrons. The van der Waals surface area contributed by atoms with Crippen molar-refractivity contribution in [3.8, 4) is 11.1 Å². The van der Waals surface area contributed by atoms with E-state index >= 15 is 0 Å². The van der Waals surface area contributed by atoms with Crippen molar-refractivity contribution in [1.29, 1.82) is 0 Å². The van der Waals surface area contributed by atoms with Gasteiger partial charge in [0.1, 0.15) is 0 Å². The maximum absolute atomic E-state index is 11.7. The van der Waals surface area contributed by atoms with Gasteiger partial charge in [0.15, 0.2) is 5.78 Å². The van der Waals surface area contributed by atoms with Gasteiger partial charge in [0.25, 0.3) is 0 Å². The van der Waals surface area contributed by atoms with Crippen LogP contribution in [0.2, 0.25) is 0 Å². The van der Waals surface area contributed by atoms with Crippen LogP contribution in [0.3, 0.4) is 0 Å². The molecular weight excluding hydrogens is 262 g/mol. The molecule has 3 nitrogen and oxygen atoms in total. The van der Waals surface area contributed by atoms with Crippen LogP contribution in [0.4, 0.5) is 5.69 Å². The van der Waals surface area contributed by atoms with Gasteiger partial charge in [-0.2, -0.15) is 0 Å². The fraction of sp³-hybridized carbons (Fsp3) is 0. The van der Waals surface area contributed by atoms with Gasteiger partial charge >= 0.3 is 0 Å². The van der Waals surface area contributed by atoms with Gasteiger partial charge in [-0.1, -0.05) is 42.5 Å². The summed E-state index contributed by atoms with van der Waals surface area (Å²) < 4.78 is 0. The molecule has 0 saturated heterocycles. The monoisotopic (exact) mass is 275 g/mol. The minimum atomic E-state index is -0.193. The topological polar surface area (TPSA) is 46.2 Å². The van der Waals surface area contributed by atoms with Gasteiger partial charge in [-0.25, -0.2) is 0 Å². The second-order valence-electron chi connectivity index (χ2n) is 4.73. The number of ketones is 2. The summed E-state index contributed by atoms with van der Waals surface area (Å²) in [7, 11) is 0. The SMILES string of the molecule is O=C1C=CC(=O)C(Nc2ccc(-c3ccccc3)cc2)=C1. The summed E-state index contributed by atoms with van der Waals surface area (Å²) in [6.45, 7) is 0. The lowest BCUT2D eigenvalue weighted by Gasteiger charge is -2.11. The number of benzene rings is 2. The normalized spacial score (nSPS) is 14.0. The van der Waals surface area contributed by atoms with E-state index < -0.39 is 0 Å². The second kappa shape index (κ2) is 5.59. The molecule has 2 aromatic carbocycles. The molecule has 0 heterocycles. The van der Waals surface area contributed by atoms with Crippen molar-refractivity contribution in [3.63, 3.8) is 0 Å². The summed E-state index contributed by atoms with van der Waals surface area (Å²) in [5.41, 5.74) is 3.31. The quantitative estimate of drug-likeness (QED) is 0.874. The Morgan fingerprint density at radius 2 is 1.38 bits per heavy atom. The van der Waals surface area contributed by atoms with Gasteiger partial charge in [0, 0.05) is 11.8 Å². The third-order valence-corrected chi connectivity index (χ3v) is 3.22. The lowest BCUT2D eigenvalue weighted by molar-refractivity contribution is -0.114. The molecule has 0 atom stereocenters. The largest absolute Gasteiger partial charge is 0.352 e. The van der Waals surface area contributed by atoms with Crippen molar-refractivity contribution in [2.24, 2.45) is 0 Å². The minimum absolute atomic E-state index is 0.182. The average Bonchev–Trinajstić information content (AvgIpc) is 2.53. The van der Waals surface area contributed by atoms with E-state index in [2.05, 4.69) is 5.32 Å². The predicted octanol–water partition coefficient (Wildman–Crippen LogP) is 3.36. The minimum Gasteiger partial charge on any atom is -0.352 e. The molecule has 1 aliphatic rings. The molecule has 0 aromatic heterocycles. The third-order valence-electron chi connectivity index (χ3n) is 3.22. The number of hydrogen-bond donors (Lipinski definition) is 1. The number of hydrogen-bond acceptors (Lipinski definition) is 3. The summed E-state index contributed by atoms with van der Waals surface area (Å²) in [6.07, 6.45) is 3.86. The highest BCUT2D eigenvalue weighted by atomic mass is 16.1. The van der Waals surface area contributed by atoms with Gasteiger partial charge in [-0.3, -0.25) is 9.59 Å². The number of allylic oxidation sites excluding steroid dienone is 3. The van der Waals surface area contributed by atoms with Crippen molar-refractivity contribution in [2.45, 2.75) is 0 Å². The lowest BCUT2D eigenvalue weighted by atomic mass is 10.1. The summed E-state index contributed by atoms with van der Waals surface area (Å²) >= 11 is 0. The Hall–Kier alpha value is -2.94. The first kappa shape index (κ1) is 13.1. The standard InChI is InChI=1S/C18H13NO2/c20-16-10-11-18(21)17(12-16)19-15-8-6-14(7-9-15)13-4-2-1-3-5-13/h1-12,19H. The zero-order valence-electron chi connectivity index (χ0n) is 11.2. The number of nitrogens with one attached hydrogen (secondary N) is 1. The summed E-state index contributed by atoms with van der Waals surface area (Å²) in [4.78, 5) is 23.0. The summed E-state index contributed by atoms with van der Waals surface area (Å²) in [6, 6.07) is 17.8. The van der Waals surface area contributed by atoms with E-state index in [0.717, 1.165) is 16.8 Å². The van der Waals surface area contributed by atoms with Crippen LogP contribution in [-0.4, -0.2) is 11.6 Å². The zero-order valence-corrected chi connectivity index (χ0v) is 11.2. The molecule has 0 bridgehead atoms. The van der Waals surface area contributed by atoms with Gasteiger partial charge in [0.05, 0.1) is 5.70 Å². The van der Waals surface area contributed by atoms with Gasteiger partial charge in [-0.15, -0.1) is 0 Å². The molecule has 1 aliphatic carbocycles. The van der Waals surface area contributed by atoms with Crippen molar-refractivity contribution in [2.75, 3.05) is 5.32 Å². The highest BCUT2D eigenvalue weighted by Crippen LogP contribution is 2.22. The first-order valence-corrected chi connectivity index (χ1v) is 6.63. The number of carbonyl (C=O) groups is 2. The van der Waals surface area contributed by atoms with E-state index in [0.29, 0.717) is 5.70 Å². The Balaban J connectivity index is 1.79. The van der Waals surface area contributed by atoms with Crippen LogP contribution in [0, 0.1) is 0 Å². The number of carbonyl (C=O) groups excluding carboxylic acids is 2. The zero-order chi connectivity index (χ0) is 14.7. The molecule has 0 amide bonds. The van der Waals surface area contributed by atoms with E-state index in [1.807, 2.05) is 54.6 Å². The molecule has 0 fully saturated rings. The van der Waals surface area contributed by atoms with E-state index in [9.17, 15) is 9.59 Å². The maximum Gasteiger partial charge on any atom is 0.202 e. The van der Waals surface area contributed by atoms with Crippen LogP contribution in [0.5, 0.6) is 0 Å². The van der Waals surface area contributed by atoms with Crippen LogP contribution < -0.4 is 5.32 Å². The van der Waals surface area contributed by atoms with Crippen LogP contribution in [0.1, 0.15) is 0 Å². The van der Waals surface area contributed by atoms with Crippen molar-refractivity contribution >= 4 is 17.3 Å². The maximum atomic E-state index is 11.7. The summed E-state index contributed by atoms with van der Waals surface area (Å²) in [5.74, 6) is -0.375. The predicted molar refractivity (Wildman–Crippen MR) is 82.7 cm³/mol. The fourth-order valence-corrected chi connectivity index (χ4v) is 2.14. The Morgan fingerprint density at radius 1 is 0.714 bits per heavy atom. The van der Waals surface area contributed by atoms with Crippen LogP contribution in [-0.2, 0) is 9.59 Å². The molecule has 0 radical (unpaired) electrons. The molecule has 3 heteroatoms. The van der Waals surface area contributed by atoms with E-state index in [1.165, 1.54) is 18.2 Å². The highest BCUT2D eigenvalue weighted by Gasteiger charge is 2.13. The molecule has 0 saturated carbocycles. The molecular formula is C18H13NO2. The van der Waals surface area contributed by atoms with Gasteiger partial charge < -0.3 is 5.32 Å². The first-order valence-electron chi connectivity index (χ1n) is 6.63. The van der Waals surface area contributed by atoms with E-state index in [1.54, 1.807) is 0 Å². The van der Waals surface area contributed by atoms with Crippen molar-refractivity contribution < 1.29 is 9.59 Å². The Kier molecular flexibility index (Phi) is 3.48. The molecule has 0 spiro atoms. The van der Waals surface area contributed by atoms with Crippen LogP contribution in [0.25, 0.3) is 11.1 Å². The average molecular weight is 275 g/mol. The number of anilines is 1. The van der Waals surface area contributed by atoms with Crippen molar-refractivity contribution in [1.82, 2.24) is 0 Å². The molecule has 3 rings (SSSR count). The van der Waals surface area contributed by atoms with Gasteiger partial charge in [-0.05, 0) is 35.4 Å². The first-order chi connectivity index (χ1) is 10.2. The van der Waals surface area contributed by atoms with E-state index in [-0.39, 0.29) is 11.6 Å². The second-order valence-corrected chi connectivity index (χ2v) is 4.73. The Bertz CT molecular complexity index is 741. The molecule has 2 aromatic rings. The number of rotatable bonds is 3. The van der Waals surface area contributed by atoms with Crippen LogP contribution >= 0.6 is 0 Å². The molecule has 1 N–H and O–H groups in total. The van der Waals surface area contributed by atoms with Crippen molar-refractivity contribution in [3.05, 3.63) is 78.5 Å².